The van der Waals surface area contributed by atoms with Gasteiger partial charge in [-0.2, -0.15) is 5.10 Å². The summed E-state index contributed by atoms with van der Waals surface area (Å²) in [5.74, 6) is 1.30. The largest absolute Gasteiger partial charge is 0.339 e. The molecule has 1 amide bonds. The lowest BCUT2D eigenvalue weighted by molar-refractivity contribution is -0.140. The van der Waals surface area contributed by atoms with Crippen molar-refractivity contribution in [2.24, 2.45) is 18.9 Å². The van der Waals surface area contributed by atoms with E-state index in [1.165, 1.54) is 12.0 Å². The van der Waals surface area contributed by atoms with Gasteiger partial charge in [0.2, 0.25) is 5.91 Å². The van der Waals surface area contributed by atoms with Crippen LogP contribution >= 0.6 is 12.4 Å². The highest BCUT2D eigenvalue weighted by molar-refractivity contribution is 5.85. The van der Waals surface area contributed by atoms with Gasteiger partial charge in [-0.25, -0.2) is 0 Å². The fraction of sp³-hybridized carbons (Fsp3) is 0.778. The lowest BCUT2D eigenvalue weighted by Gasteiger charge is -2.42. The van der Waals surface area contributed by atoms with E-state index in [9.17, 15) is 4.79 Å². The quantitative estimate of drug-likeness (QED) is 0.904. The Labute approximate surface area is 151 Å². The molecule has 0 saturated carbocycles. The molecule has 0 bridgehead atoms. The summed E-state index contributed by atoms with van der Waals surface area (Å²) in [4.78, 5) is 15.5. The molecular formula is C18H31ClN4O. The number of rotatable bonds is 4. The van der Waals surface area contributed by atoms with Crippen LogP contribution in [0.2, 0.25) is 0 Å². The molecule has 24 heavy (non-hydrogen) atoms. The van der Waals surface area contributed by atoms with Crippen molar-refractivity contribution in [3.8, 4) is 0 Å². The van der Waals surface area contributed by atoms with E-state index < -0.39 is 0 Å². The number of likely N-dealkylation sites (tertiary alicyclic amines) is 1. The average molecular weight is 355 g/mol. The number of halogens is 1. The van der Waals surface area contributed by atoms with Crippen LogP contribution in [0.1, 0.15) is 51.0 Å². The molecule has 3 rings (SSSR count). The van der Waals surface area contributed by atoms with Gasteiger partial charge in [0.1, 0.15) is 0 Å². The molecule has 2 fully saturated rings. The Morgan fingerprint density at radius 2 is 2.21 bits per heavy atom. The Balaban J connectivity index is 0.00000208. The molecule has 6 heteroatoms. The van der Waals surface area contributed by atoms with Crippen LogP contribution in [0.3, 0.4) is 0 Å². The Bertz CT molecular complexity index is 547. The molecule has 0 radical (unpaired) electrons. The zero-order valence-electron chi connectivity index (χ0n) is 15.1. The van der Waals surface area contributed by atoms with Gasteiger partial charge in [-0.1, -0.05) is 20.3 Å². The van der Waals surface area contributed by atoms with Crippen LogP contribution in [0.4, 0.5) is 0 Å². The standard InChI is InChI=1S/C18H30N4O.ClH/c1-4-6-17-13(2)7-5-8-22(17)18(23)16-11-19-10-15(16)14-9-20-21(3)12-14;/h9,12-13,15-17,19H,4-8,10-11H2,1-3H3;1H/t13?,15-,16+,17?;/m1./s1. The van der Waals surface area contributed by atoms with Crippen LogP contribution in [-0.4, -0.2) is 46.3 Å². The third-order valence-corrected chi connectivity index (χ3v) is 5.67. The third kappa shape index (κ3) is 3.77. The van der Waals surface area contributed by atoms with E-state index in [0.29, 0.717) is 17.9 Å². The lowest BCUT2D eigenvalue weighted by Crippen LogP contribution is -2.50. The minimum Gasteiger partial charge on any atom is -0.339 e. The monoisotopic (exact) mass is 354 g/mol. The molecule has 2 saturated heterocycles. The Hall–Kier alpha value is -1.07. The summed E-state index contributed by atoms with van der Waals surface area (Å²) in [6.07, 6.45) is 8.65. The van der Waals surface area contributed by atoms with Crippen molar-refractivity contribution in [2.45, 2.75) is 51.5 Å². The van der Waals surface area contributed by atoms with Crippen LogP contribution in [0.15, 0.2) is 12.4 Å². The van der Waals surface area contributed by atoms with Gasteiger partial charge in [-0.3, -0.25) is 9.48 Å². The van der Waals surface area contributed by atoms with Gasteiger partial charge in [0, 0.05) is 44.8 Å². The van der Waals surface area contributed by atoms with Crippen LogP contribution in [0, 0.1) is 11.8 Å². The van der Waals surface area contributed by atoms with E-state index in [-0.39, 0.29) is 24.2 Å². The first kappa shape index (κ1) is 19.3. The van der Waals surface area contributed by atoms with Crippen LogP contribution < -0.4 is 5.32 Å². The van der Waals surface area contributed by atoms with Crippen LogP contribution in [0.25, 0.3) is 0 Å². The average Bonchev–Trinajstić information content (AvgIpc) is 3.17. The molecule has 1 N–H and O–H groups in total. The van der Waals surface area contributed by atoms with Crippen molar-refractivity contribution in [2.75, 3.05) is 19.6 Å². The number of carbonyl (C=O) groups is 1. The van der Waals surface area contributed by atoms with Gasteiger partial charge in [0.05, 0.1) is 12.1 Å². The molecule has 1 aromatic rings. The molecule has 0 aliphatic carbocycles. The first-order valence-electron chi connectivity index (χ1n) is 9.11. The van der Waals surface area contributed by atoms with Crippen LogP contribution in [-0.2, 0) is 11.8 Å². The highest BCUT2D eigenvalue weighted by atomic mass is 35.5. The molecule has 2 unspecified atom stereocenters. The maximum atomic E-state index is 13.3. The van der Waals surface area contributed by atoms with Gasteiger partial charge in [-0.05, 0) is 30.7 Å². The molecule has 3 heterocycles. The maximum absolute atomic E-state index is 13.3. The molecule has 1 aromatic heterocycles. The number of carbonyl (C=O) groups excluding carboxylic acids is 1. The summed E-state index contributed by atoms with van der Waals surface area (Å²) in [6, 6.07) is 0.427. The number of aryl methyl sites for hydroxylation is 1. The van der Waals surface area contributed by atoms with Gasteiger partial charge in [-0.15, -0.1) is 12.4 Å². The van der Waals surface area contributed by atoms with Crippen molar-refractivity contribution in [3.05, 3.63) is 18.0 Å². The molecular weight excluding hydrogens is 324 g/mol. The topological polar surface area (TPSA) is 50.2 Å². The second kappa shape index (κ2) is 8.34. The first-order valence-corrected chi connectivity index (χ1v) is 9.11. The number of aromatic nitrogens is 2. The number of nitrogens with zero attached hydrogens (tertiary/aromatic N) is 3. The van der Waals surface area contributed by atoms with Gasteiger partial charge in [0.15, 0.2) is 0 Å². The number of hydrogen-bond acceptors (Lipinski definition) is 3. The van der Waals surface area contributed by atoms with E-state index in [2.05, 4.69) is 35.4 Å². The van der Waals surface area contributed by atoms with Gasteiger partial charge < -0.3 is 10.2 Å². The molecule has 5 nitrogen and oxygen atoms in total. The number of piperidine rings is 1. The summed E-state index contributed by atoms with van der Waals surface area (Å²) in [6.45, 7) is 7.14. The third-order valence-electron chi connectivity index (χ3n) is 5.67. The second-order valence-electron chi connectivity index (χ2n) is 7.33. The van der Waals surface area contributed by atoms with Crippen molar-refractivity contribution >= 4 is 18.3 Å². The summed E-state index contributed by atoms with van der Waals surface area (Å²) >= 11 is 0. The second-order valence-corrected chi connectivity index (χ2v) is 7.33. The van der Waals surface area contributed by atoms with Crippen molar-refractivity contribution < 1.29 is 4.79 Å². The number of nitrogens with one attached hydrogen (secondary N) is 1. The summed E-state index contributed by atoms with van der Waals surface area (Å²) in [7, 11) is 1.94. The smallest absolute Gasteiger partial charge is 0.227 e. The van der Waals surface area contributed by atoms with E-state index in [4.69, 9.17) is 0 Å². The lowest BCUT2D eigenvalue weighted by atomic mass is 9.84. The Kier molecular flexibility index (Phi) is 6.70. The Morgan fingerprint density at radius 3 is 2.88 bits per heavy atom. The number of amides is 1. The Morgan fingerprint density at radius 1 is 1.42 bits per heavy atom. The highest BCUT2D eigenvalue weighted by Gasteiger charge is 2.40. The molecule has 2 aliphatic heterocycles. The summed E-state index contributed by atoms with van der Waals surface area (Å²) < 4.78 is 1.83. The van der Waals surface area contributed by atoms with E-state index in [1.807, 2.05) is 17.9 Å². The van der Waals surface area contributed by atoms with E-state index in [1.54, 1.807) is 0 Å². The van der Waals surface area contributed by atoms with Crippen molar-refractivity contribution in [1.82, 2.24) is 20.0 Å². The normalized spacial score (nSPS) is 30.2. The zero-order chi connectivity index (χ0) is 16.4. The highest BCUT2D eigenvalue weighted by Crippen LogP contribution is 2.33. The minimum atomic E-state index is 0. The minimum absolute atomic E-state index is 0. The van der Waals surface area contributed by atoms with E-state index >= 15 is 0 Å². The van der Waals surface area contributed by atoms with E-state index in [0.717, 1.165) is 38.9 Å². The SMILES string of the molecule is CCCC1C(C)CCCN1C(=O)[C@H]1CNC[C@@H]1c1cnn(C)c1.Cl. The fourth-order valence-electron chi connectivity index (χ4n) is 4.39. The molecule has 2 aliphatic rings. The van der Waals surface area contributed by atoms with Gasteiger partial charge in [0.25, 0.3) is 0 Å². The first-order chi connectivity index (χ1) is 11.1. The molecule has 0 aromatic carbocycles. The molecule has 4 atom stereocenters. The van der Waals surface area contributed by atoms with Gasteiger partial charge >= 0.3 is 0 Å². The molecule has 0 spiro atoms. The van der Waals surface area contributed by atoms with Crippen molar-refractivity contribution in [1.29, 1.82) is 0 Å². The predicted molar refractivity (Wildman–Crippen MR) is 98.4 cm³/mol. The maximum Gasteiger partial charge on any atom is 0.227 e. The number of hydrogen-bond donors (Lipinski definition) is 1. The zero-order valence-corrected chi connectivity index (χ0v) is 15.9. The van der Waals surface area contributed by atoms with Crippen molar-refractivity contribution in [3.63, 3.8) is 0 Å². The summed E-state index contributed by atoms with van der Waals surface area (Å²) in [5, 5.41) is 7.71. The fourth-order valence-corrected chi connectivity index (χ4v) is 4.39. The van der Waals surface area contributed by atoms with Crippen LogP contribution in [0.5, 0.6) is 0 Å². The summed E-state index contributed by atoms with van der Waals surface area (Å²) in [5.41, 5.74) is 1.19. The predicted octanol–water partition coefficient (Wildman–Crippen LogP) is 2.57. The molecule has 136 valence electrons.